The van der Waals surface area contributed by atoms with Gasteiger partial charge in [-0.15, -0.1) is 0 Å². The lowest BCUT2D eigenvalue weighted by Gasteiger charge is -2.04. The molecule has 4 heteroatoms. The van der Waals surface area contributed by atoms with E-state index in [9.17, 15) is 9.50 Å². The average molecular weight is 212 g/mol. The van der Waals surface area contributed by atoms with Crippen molar-refractivity contribution in [3.05, 3.63) is 24.0 Å². The van der Waals surface area contributed by atoms with Crippen LogP contribution in [0.15, 0.2) is 18.2 Å². The van der Waals surface area contributed by atoms with Crippen LogP contribution in [0.4, 0.5) is 4.39 Å². The van der Waals surface area contributed by atoms with Crippen LogP contribution >= 0.6 is 11.3 Å². The first kappa shape index (κ1) is 9.27. The molecule has 2 rings (SSSR count). The van der Waals surface area contributed by atoms with Gasteiger partial charge in [0.15, 0.2) is 16.6 Å². The Morgan fingerprint density at radius 1 is 1.50 bits per heavy atom. The van der Waals surface area contributed by atoms with Gasteiger partial charge in [0, 0.05) is 16.2 Å². The Balaban J connectivity index is 2.68. The molecule has 0 spiro atoms. The molecule has 0 aliphatic rings. The van der Waals surface area contributed by atoms with Gasteiger partial charge in [-0.05, 0) is 19.1 Å². The van der Waals surface area contributed by atoms with E-state index in [4.69, 9.17) is 4.74 Å². The predicted molar refractivity (Wildman–Crippen MR) is 54.6 cm³/mol. The maximum Gasteiger partial charge on any atom is 0.172 e. The van der Waals surface area contributed by atoms with Crippen molar-refractivity contribution in [3.63, 3.8) is 0 Å². The van der Waals surface area contributed by atoms with E-state index in [1.807, 2.05) is 0 Å². The summed E-state index contributed by atoms with van der Waals surface area (Å²) >= 11 is 1.21. The molecule has 1 aromatic heterocycles. The highest BCUT2D eigenvalue weighted by atomic mass is 32.1. The SMILES string of the molecule is CCOc1c(F)ccc2sc(O)cc12. The fourth-order valence-electron chi connectivity index (χ4n) is 1.34. The first-order valence-corrected chi connectivity index (χ1v) is 5.08. The van der Waals surface area contributed by atoms with Gasteiger partial charge in [-0.25, -0.2) is 4.39 Å². The minimum atomic E-state index is -0.392. The minimum Gasteiger partial charge on any atom is -0.499 e. The summed E-state index contributed by atoms with van der Waals surface area (Å²) in [5, 5.41) is 10.1. The van der Waals surface area contributed by atoms with Gasteiger partial charge in [-0.1, -0.05) is 11.3 Å². The molecule has 2 nitrogen and oxygen atoms in total. The summed E-state index contributed by atoms with van der Waals surface area (Å²) < 4.78 is 19.3. The molecule has 74 valence electrons. The van der Waals surface area contributed by atoms with Crippen molar-refractivity contribution in [3.8, 4) is 10.8 Å². The third-order valence-corrected chi connectivity index (χ3v) is 2.78. The highest BCUT2D eigenvalue weighted by molar-refractivity contribution is 7.20. The molecular weight excluding hydrogens is 203 g/mol. The zero-order chi connectivity index (χ0) is 10.1. The molecule has 1 heterocycles. The van der Waals surface area contributed by atoms with Crippen molar-refractivity contribution in [1.82, 2.24) is 0 Å². The summed E-state index contributed by atoms with van der Waals surface area (Å²) in [6.45, 7) is 2.21. The third kappa shape index (κ3) is 1.42. The van der Waals surface area contributed by atoms with Gasteiger partial charge in [0.1, 0.15) is 0 Å². The van der Waals surface area contributed by atoms with Crippen molar-refractivity contribution in [2.24, 2.45) is 0 Å². The van der Waals surface area contributed by atoms with E-state index in [2.05, 4.69) is 0 Å². The number of halogens is 1. The summed E-state index contributed by atoms with van der Waals surface area (Å²) in [6, 6.07) is 4.51. The number of thiophene rings is 1. The summed E-state index contributed by atoms with van der Waals surface area (Å²) in [5.74, 6) is -0.168. The van der Waals surface area contributed by atoms with Gasteiger partial charge in [-0.2, -0.15) is 0 Å². The van der Waals surface area contributed by atoms with Gasteiger partial charge in [0.2, 0.25) is 0 Å². The average Bonchev–Trinajstić information content (AvgIpc) is 2.51. The van der Waals surface area contributed by atoms with Crippen LogP contribution in [0.3, 0.4) is 0 Å². The maximum absolute atomic E-state index is 13.3. The number of aromatic hydroxyl groups is 1. The first-order valence-electron chi connectivity index (χ1n) is 4.26. The zero-order valence-electron chi connectivity index (χ0n) is 7.58. The van der Waals surface area contributed by atoms with E-state index < -0.39 is 5.82 Å². The molecule has 1 aromatic carbocycles. The molecule has 0 atom stereocenters. The summed E-state index contributed by atoms with van der Waals surface area (Å²) in [6.07, 6.45) is 0. The van der Waals surface area contributed by atoms with E-state index in [-0.39, 0.29) is 10.8 Å². The molecular formula is C10H9FO2S. The van der Waals surface area contributed by atoms with E-state index in [1.165, 1.54) is 23.5 Å². The van der Waals surface area contributed by atoms with Crippen molar-refractivity contribution >= 4 is 21.4 Å². The highest BCUT2D eigenvalue weighted by Crippen LogP contribution is 2.37. The zero-order valence-corrected chi connectivity index (χ0v) is 8.40. The number of fused-ring (bicyclic) bond motifs is 1. The first-order chi connectivity index (χ1) is 6.72. The van der Waals surface area contributed by atoms with E-state index in [1.54, 1.807) is 13.0 Å². The largest absolute Gasteiger partial charge is 0.499 e. The van der Waals surface area contributed by atoms with Crippen LogP contribution in [0.25, 0.3) is 10.1 Å². The molecule has 0 unspecified atom stereocenters. The number of benzene rings is 1. The Kier molecular flexibility index (Phi) is 2.29. The van der Waals surface area contributed by atoms with Gasteiger partial charge >= 0.3 is 0 Å². The van der Waals surface area contributed by atoms with E-state index in [0.717, 1.165) is 4.70 Å². The number of rotatable bonds is 2. The number of ether oxygens (including phenoxy) is 1. The van der Waals surface area contributed by atoms with Crippen LogP contribution in [-0.2, 0) is 0 Å². The van der Waals surface area contributed by atoms with Gasteiger partial charge in [0.05, 0.1) is 6.61 Å². The molecule has 14 heavy (non-hydrogen) atoms. The molecule has 0 aliphatic heterocycles. The molecule has 1 N–H and O–H groups in total. The quantitative estimate of drug-likeness (QED) is 0.828. The van der Waals surface area contributed by atoms with Gasteiger partial charge in [0.25, 0.3) is 0 Å². The Morgan fingerprint density at radius 2 is 2.29 bits per heavy atom. The second-order valence-corrected chi connectivity index (χ2v) is 3.87. The lowest BCUT2D eigenvalue weighted by Crippen LogP contribution is -1.94. The molecule has 0 saturated carbocycles. The Bertz CT molecular complexity index is 464. The van der Waals surface area contributed by atoms with Crippen LogP contribution < -0.4 is 4.74 Å². The topological polar surface area (TPSA) is 29.5 Å². The Labute approximate surface area is 84.6 Å². The van der Waals surface area contributed by atoms with E-state index in [0.29, 0.717) is 12.0 Å². The second-order valence-electron chi connectivity index (χ2n) is 2.81. The summed E-state index contributed by atoms with van der Waals surface area (Å²) in [5.41, 5.74) is 0. The van der Waals surface area contributed by atoms with Gasteiger partial charge in [-0.3, -0.25) is 0 Å². The summed E-state index contributed by atoms with van der Waals surface area (Å²) in [4.78, 5) is 0. The molecule has 2 aromatic rings. The fourth-order valence-corrected chi connectivity index (χ4v) is 2.14. The number of hydrogen-bond acceptors (Lipinski definition) is 3. The second kappa shape index (κ2) is 3.46. The Hall–Kier alpha value is -1.29. The van der Waals surface area contributed by atoms with Crippen molar-refractivity contribution in [2.45, 2.75) is 6.92 Å². The van der Waals surface area contributed by atoms with Crippen LogP contribution in [0.5, 0.6) is 10.8 Å². The van der Waals surface area contributed by atoms with Crippen molar-refractivity contribution < 1.29 is 14.2 Å². The molecule has 0 amide bonds. The van der Waals surface area contributed by atoms with Crippen LogP contribution in [0.2, 0.25) is 0 Å². The Morgan fingerprint density at radius 3 is 3.00 bits per heavy atom. The van der Waals surface area contributed by atoms with Crippen molar-refractivity contribution in [2.75, 3.05) is 6.61 Å². The van der Waals surface area contributed by atoms with Crippen LogP contribution in [0.1, 0.15) is 6.92 Å². The normalized spacial score (nSPS) is 10.7. The molecule has 0 fully saturated rings. The maximum atomic E-state index is 13.3. The standard InChI is InChI=1S/C10H9FO2S/c1-2-13-10-6-5-9(12)14-8(6)4-3-7(10)11/h3-5,12H,2H2,1H3. The smallest absolute Gasteiger partial charge is 0.172 e. The monoisotopic (exact) mass is 212 g/mol. The summed E-state index contributed by atoms with van der Waals surface area (Å²) in [7, 11) is 0. The molecule has 0 saturated heterocycles. The number of hydrogen-bond donors (Lipinski definition) is 1. The molecule has 0 radical (unpaired) electrons. The lowest BCUT2D eigenvalue weighted by atomic mass is 10.2. The van der Waals surface area contributed by atoms with E-state index >= 15 is 0 Å². The lowest BCUT2D eigenvalue weighted by molar-refractivity contribution is 0.326. The minimum absolute atomic E-state index is 0.173. The highest BCUT2D eigenvalue weighted by Gasteiger charge is 2.11. The molecule has 0 bridgehead atoms. The fraction of sp³-hybridized carbons (Fsp3) is 0.200. The van der Waals surface area contributed by atoms with Gasteiger partial charge < -0.3 is 9.84 Å². The third-order valence-electron chi connectivity index (χ3n) is 1.88. The van der Waals surface area contributed by atoms with Crippen LogP contribution in [-0.4, -0.2) is 11.7 Å². The predicted octanol–water partition coefficient (Wildman–Crippen LogP) is 3.14. The van der Waals surface area contributed by atoms with Crippen molar-refractivity contribution in [1.29, 1.82) is 0 Å². The molecule has 0 aliphatic carbocycles. The van der Waals surface area contributed by atoms with Crippen LogP contribution in [0, 0.1) is 5.82 Å².